The second-order valence-electron chi connectivity index (χ2n) is 4.37. The van der Waals surface area contributed by atoms with Crippen molar-refractivity contribution >= 4 is 5.91 Å². The van der Waals surface area contributed by atoms with Gasteiger partial charge in [0, 0.05) is 26.3 Å². The van der Waals surface area contributed by atoms with Crippen molar-refractivity contribution in [3.8, 4) is 6.07 Å². The van der Waals surface area contributed by atoms with Crippen LogP contribution in [0.25, 0.3) is 0 Å². The molecule has 1 N–H and O–H groups in total. The van der Waals surface area contributed by atoms with Gasteiger partial charge in [-0.05, 0) is 26.9 Å². The molecule has 90 valence electrons. The van der Waals surface area contributed by atoms with Gasteiger partial charge in [0.15, 0.2) is 0 Å². The third-order valence-corrected chi connectivity index (χ3v) is 2.84. The van der Waals surface area contributed by atoms with Gasteiger partial charge in [0.25, 0.3) is 0 Å². The fourth-order valence-electron chi connectivity index (χ4n) is 1.67. The lowest BCUT2D eigenvalue weighted by molar-refractivity contribution is -0.132. The zero-order valence-electron chi connectivity index (χ0n) is 9.95. The van der Waals surface area contributed by atoms with Gasteiger partial charge in [-0.1, -0.05) is 0 Å². The van der Waals surface area contributed by atoms with Crippen LogP contribution in [-0.4, -0.2) is 51.2 Å². The van der Waals surface area contributed by atoms with Crippen LogP contribution in [0.15, 0.2) is 0 Å². The van der Waals surface area contributed by atoms with Gasteiger partial charge in [-0.2, -0.15) is 5.26 Å². The number of hydrogen-bond donors (Lipinski definition) is 1. The standard InChI is InChI=1S/C11H19N3O2/c1-14(2)6-5-13-10(15)11(9-12)3-7-16-8-4-11/h3-8H2,1-2H3,(H,13,15). The van der Waals surface area contributed by atoms with Crippen molar-refractivity contribution in [1.29, 1.82) is 5.26 Å². The predicted molar refractivity (Wildman–Crippen MR) is 59.7 cm³/mol. The number of carbonyl (C=O) groups excluding carboxylic acids is 1. The van der Waals surface area contributed by atoms with Crippen LogP contribution in [-0.2, 0) is 9.53 Å². The summed E-state index contributed by atoms with van der Waals surface area (Å²) in [5, 5.41) is 12.0. The quantitative estimate of drug-likeness (QED) is 0.730. The molecule has 1 rings (SSSR count). The van der Waals surface area contributed by atoms with Crippen molar-refractivity contribution in [3.05, 3.63) is 0 Å². The highest BCUT2D eigenvalue weighted by atomic mass is 16.5. The lowest BCUT2D eigenvalue weighted by atomic mass is 9.81. The lowest BCUT2D eigenvalue weighted by Crippen LogP contribution is -2.45. The lowest BCUT2D eigenvalue weighted by Gasteiger charge is -2.29. The van der Waals surface area contributed by atoms with Crippen molar-refractivity contribution in [2.45, 2.75) is 12.8 Å². The van der Waals surface area contributed by atoms with Crippen LogP contribution in [0.2, 0.25) is 0 Å². The first-order chi connectivity index (χ1) is 7.60. The first-order valence-corrected chi connectivity index (χ1v) is 5.53. The maximum absolute atomic E-state index is 11.9. The third-order valence-electron chi connectivity index (χ3n) is 2.84. The molecule has 1 aliphatic heterocycles. The highest BCUT2D eigenvalue weighted by Gasteiger charge is 2.40. The molecule has 0 atom stereocenters. The highest BCUT2D eigenvalue weighted by molar-refractivity contribution is 5.85. The van der Waals surface area contributed by atoms with Crippen LogP contribution in [0.5, 0.6) is 0 Å². The molecule has 0 aromatic heterocycles. The number of ether oxygens (including phenoxy) is 1. The molecule has 0 aromatic carbocycles. The van der Waals surface area contributed by atoms with Crippen molar-refractivity contribution < 1.29 is 9.53 Å². The summed E-state index contributed by atoms with van der Waals surface area (Å²) in [6.45, 7) is 2.35. The average molecular weight is 225 g/mol. The van der Waals surface area contributed by atoms with E-state index in [4.69, 9.17) is 10.00 Å². The molecule has 0 aromatic rings. The van der Waals surface area contributed by atoms with E-state index in [0.29, 0.717) is 32.6 Å². The Kier molecular flexibility index (Phi) is 4.71. The van der Waals surface area contributed by atoms with Gasteiger partial charge in [-0.3, -0.25) is 4.79 Å². The number of rotatable bonds is 4. The number of nitrogens with one attached hydrogen (secondary N) is 1. The summed E-state index contributed by atoms with van der Waals surface area (Å²) >= 11 is 0. The minimum atomic E-state index is -0.870. The van der Waals surface area contributed by atoms with Crippen molar-refractivity contribution in [1.82, 2.24) is 10.2 Å². The summed E-state index contributed by atoms with van der Waals surface area (Å²) in [6, 6.07) is 2.15. The van der Waals surface area contributed by atoms with Crippen molar-refractivity contribution in [2.24, 2.45) is 5.41 Å². The predicted octanol–water partition coefficient (Wildman–Crippen LogP) is -0.0154. The molecule has 5 heteroatoms. The van der Waals surface area contributed by atoms with E-state index in [9.17, 15) is 4.79 Å². The second-order valence-corrected chi connectivity index (χ2v) is 4.37. The molecule has 0 saturated carbocycles. The van der Waals surface area contributed by atoms with Crippen LogP contribution < -0.4 is 5.32 Å². The zero-order chi connectivity index (χ0) is 12.0. The van der Waals surface area contributed by atoms with E-state index in [1.165, 1.54) is 0 Å². The number of hydrogen-bond acceptors (Lipinski definition) is 4. The number of likely N-dealkylation sites (N-methyl/N-ethyl adjacent to an activating group) is 1. The zero-order valence-corrected chi connectivity index (χ0v) is 9.95. The SMILES string of the molecule is CN(C)CCNC(=O)C1(C#N)CCOCC1. The molecule has 16 heavy (non-hydrogen) atoms. The van der Waals surface area contributed by atoms with Crippen LogP contribution >= 0.6 is 0 Å². The molecule has 1 aliphatic rings. The molecular weight excluding hydrogens is 206 g/mol. The minimum Gasteiger partial charge on any atom is -0.381 e. The summed E-state index contributed by atoms with van der Waals surface area (Å²) < 4.78 is 5.18. The van der Waals surface area contributed by atoms with Gasteiger partial charge >= 0.3 is 0 Å². The van der Waals surface area contributed by atoms with Crippen molar-refractivity contribution in [3.63, 3.8) is 0 Å². The molecule has 1 saturated heterocycles. The number of carbonyl (C=O) groups is 1. The Morgan fingerprint density at radius 3 is 2.62 bits per heavy atom. The largest absolute Gasteiger partial charge is 0.381 e. The fourth-order valence-corrected chi connectivity index (χ4v) is 1.67. The van der Waals surface area contributed by atoms with E-state index in [1.807, 2.05) is 19.0 Å². The smallest absolute Gasteiger partial charge is 0.240 e. The van der Waals surface area contributed by atoms with Crippen LogP contribution in [0.3, 0.4) is 0 Å². The van der Waals surface area contributed by atoms with Gasteiger partial charge in [-0.25, -0.2) is 0 Å². The Hall–Kier alpha value is -1.12. The topological polar surface area (TPSA) is 65.4 Å². The molecule has 0 aliphatic carbocycles. The minimum absolute atomic E-state index is 0.153. The van der Waals surface area contributed by atoms with E-state index >= 15 is 0 Å². The number of nitriles is 1. The Morgan fingerprint density at radius 2 is 2.12 bits per heavy atom. The molecule has 1 fully saturated rings. The Morgan fingerprint density at radius 1 is 1.50 bits per heavy atom. The summed E-state index contributed by atoms with van der Waals surface area (Å²) in [5.74, 6) is -0.153. The monoisotopic (exact) mass is 225 g/mol. The molecule has 0 spiro atoms. The van der Waals surface area contributed by atoms with E-state index in [-0.39, 0.29) is 5.91 Å². The first kappa shape index (κ1) is 12.9. The number of nitrogens with zero attached hydrogens (tertiary/aromatic N) is 2. The van der Waals surface area contributed by atoms with Crippen molar-refractivity contribution in [2.75, 3.05) is 40.4 Å². The molecule has 0 bridgehead atoms. The fraction of sp³-hybridized carbons (Fsp3) is 0.818. The molecule has 0 radical (unpaired) electrons. The average Bonchev–Trinajstić information content (AvgIpc) is 2.29. The van der Waals surface area contributed by atoms with E-state index in [2.05, 4.69) is 11.4 Å². The molecule has 5 nitrogen and oxygen atoms in total. The summed E-state index contributed by atoms with van der Waals surface area (Å²) in [5.41, 5.74) is -0.870. The van der Waals surface area contributed by atoms with E-state index < -0.39 is 5.41 Å². The Bertz CT molecular complexity index is 277. The van der Waals surface area contributed by atoms with Crippen LogP contribution in [0.1, 0.15) is 12.8 Å². The first-order valence-electron chi connectivity index (χ1n) is 5.53. The van der Waals surface area contributed by atoms with Gasteiger partial charge in [0.1, 0.15) is 5.41 Å². The van der Waals surface area contributed by atoms with Gasteiger partial charge in [-0.15, -0.1) is 0 Å². The maximum atomic E-state index is 11.9. The van der Waals surface area contributed by atoms with Gasteiger partial charge in [0.2, 0.25) is 5.91 Å². The van der Waals surface area contributed by atoms with Gasteiger partial charge < -0.3 is 15.0 Å². The molecule has 1 amide bonds. The summed E-state index contributed by atoms with van der Waals surface area (Å²) in [7, 11) is 3.89. The van der Waals surface area contributed by atoms with E-state index in [0.717, 1.165) is 6.54 Å². The van der Waals surface area contributed by atoms with Crippen LogP contribution in [0.4, 0.5) is 0 Å². The molecule has 0 unspecified atom stereocenters. The van der Waals surface area contributed by atoms with Gasteiger partial charge in [0.05, 0.1) is 6.07 Å². The highest BCUT2D eigenvalue weighted by Crippen LogP contribution is 2.29. The molecular formula is C11H19N3O2. The normalized spacial score (nSPS) is 19.1. The Balaban J connectivity index is 2.46. The third kappa shape index (κ3) is 3.19. The summed E-state index contributed by atoms with van der Waals surface area (Å²) in [4.78, 5) is 13.9. The molecule has 1 heterocycles. The second kappa shape index (κ2) is 5.83. The van der Waals surface area contributed by atoms with Crippen LogP contribution in [0, 0.1) is 16.7 Å². The maximum Gasteiger partial charge on any atom is 0.240 e. The number of amides is 1. The Labute approximate surface area is 96.4 Å². The van der Waals surface area contributed by atoms with E-state index in [1.54, 1.807) is 0 Å². The summed E-state index contributed by atoms with van der Waals surface area (Å²) in [6.07, 6.45) is 0.995.